The van der Waals surface area contributed by atoms with Crippen molar-refractivity contribution in [1.82, 2.24) is 15.6 Å². The lowest BCUT2D eigenvalue weighted by Crippen LogP contribution is -2.42. The average molecular weight is 464 g/mol. The van der Waals surface area contributed by atoms with E-state index in [1.54, 1.807) is 18.3 Å². The fourth-order valence-electron chi connectivity index (χ4n) is 3.37. The van der Waals surface area contributed by atoms with Crippen molar-refractivity contribution in [2.45, 2.75) is 25.3 Å². The van der Waals surface area contributed by atoms with E-state index in [9.17, 15) is 14.4 Å². The van der Waals surface area contributed by atoms with Gasteiger partial charge >= 0.3 is 0 Å². The van der Waals surface area contributed by atoms with Crippen LogP contribution in [0.4, 0.5) is 0 Å². The second-order valence-corrected chi connectivity index (χ2v) is 7.82. The summed E-state index contributed by atoms with van der Waals surface area (Å²) in [7, 11) is 0. The van der Waals surface area contributed by atoms with Crippen LogP contribution in [0.5, 0.6) is 5.75 Å². The molecule has 0 aliphatic carbocycles. The number of nitrogens with two attached hydrogens (primary N) is 2. The van der Waals surface area contributed by atoms with Gasteiger partial charge in [0.05, 0.1) is 24.8 Å². The molecule has 0 radical (unpaired) electrons. The van der Waals surface area contributed by atoms with Gasteiger partial charge in [-0.2, -0.15) is 0 Å². The summed E-state index contributed by atoms with van der Waals surface area (Å²) in [4.78, 5) is 39.9. The van der Waals surface area contributed by atoms with Crippen LogP contribution in [0.15, 0.2) is 60.8 Å². The van der Waals surface area contributed by atoms with Gasteiger partial charge in [0.15, 0.2) is 0 Å². The van der Waals surface area contributed by atoms with Gasteiger partial charge in [0.2, 0.25) is 11.8 Å². The molecule has 9 heteroatoms. The number of pyridine rings is 1. The Morgan fingerprint density at radius 1 is 0.971 bits per heavy atom. The number of nitrogens with zero attached hydrogens (tertiary/aromatic N) is 1. The smallest absolute Gasteiger partial charge is 0.255 e. The number of aromatic nitrogens is 1. The molecule has 0 saturated heterocycles. The predicted octanol–water partition coefficient (Wildman–Crippen LogP) is 1.30. The normalized spacial score (nSPS) is 11.6. The van der Waals surface area contributed by atoms with Gasteiger partial charge in [0.1, 0.15) is 5.75 Å². The summed E-state index contributed by atoms with van der Waals surface area (Å²) in [6.07, 6.45) is 3.38. The second-order valence-electron chi connectivity index (χ2n) is 7.82. The molecule has 0 aliphatic rings. The van der Waals surface area contributed by atoms with Crippen LogP contribution in [0.1, 0.15) is 28.9 Å². The first kappa shape index (κ1) is 24.7. The number of primary amides is 1. The van der Waals surface area contributed by atoms with E-state index in [0.717, 1.165) is 16.5 Å². The first-order valence-electron chi connectivity index (χ1n) is 11.1. The molecule has 1 heterocycles. The Balaban J connectivity index is 1.49. The van der Waals surface area contributed by atoms with E-state index in [4.69, 9.17) is 16.2 Å². The van der Waals surface area contributed by atoms with Crippen LogP contribution in [0.3, 0.4) is 0 Å². The minimum absolute atomic E-state index is 0.227. The highest BCUT2D eigenvalue weighted by Crippen LogP contribution is 2.26. The first-order valence-corrected chi connectivity index (χ1v) is 11.1. The van der Waals surface area contributed by atoms with Crippen LogP contribution >= 0.6 is 0 Å². The molecule has 3 aromatic rings. The van der Waals surface area contributed by atoms with Crippen molar-refractivity contribution in [2.75, 3.05) is 19.7 Å². The molecule has 0 spiro atoms. The third-order valence-electron chi connectivity index (χ3n) is 5.14. The molecule has 0 saturated carbocycles. The van der Waals surface area contributed by atoms with Crippen molar-refractivity contribution < 1.29 is 19.1 Å². The predicted molar refractivity (Wildman–Crippen MR) is 129 cm³/mol. The van der Waals surface area contributed by atoms with Gasteiger partial charge in [-0.1, -0.05) is 30.3 Å². The van der Waals surface area contributed by atoms with Gasteiger partial charge in [-0.3, -0.25) is 19.4 Å². The zero-order valence-electron chi connectivity index (χ0n) is 18.8. The first-order chi connectivity index (χ1) is 16.4. The minimum Gasteiger partial charge on any atom is -0.493 e. The van der Waals surface area contributed by atoms with E-state index in [1.165, 1.54) is 0 Å². The Hall–Kier alpha value is -3.98. The maximum Gasteiger partial charge on any atom is 0.255 e. The molecule has 0 bridgehead atoms. The molecule has 6 N–H and O–H groups in total. The van der Waals surface area contributed by atoms with Crippen molar-refractivity contribution in [3.63, 3.8) is 0 Å². The number of carbonyl (C=O) groups is 3. The third-order valence-corrected chi connectivity index (χ3v) is 5.14. The average Bonchev–Trinajstić information content (AvgIpc) is 2.84. The van der Waals surface area contributed by atoms with E-state index in [-0.39, 0.29) is 12.5 Å². The van der Waals surface area contributed by atoms with Crippen molar-refractivity contribution in [1.29, 1.82) is 0 Å². The lowest BCUT2D eigenvalue weighted by Gasteiger charge is -2.14. The van der Waals surface area contributed by atoms with Gasteiger partial charge in [-0.15, -0.1) is 0 Å². The number of benzene rings is 2. The fourth-order valence-corrected chi connectivity index (χ4v) is 3.37. The van der Waals surface area contributed by atoms with E-state index >= 15 is 0 Å². The van der Waals surface area contributed by atoms with E-state index in [1.807, 2.05) is 42.5 Å². The van der Waals surface area contributed by atoms with Gasteiger partial charge in [0, 0.05) is 24.9 Å². The SMILES string of the molecule is NC(=O)CNC(=O)c1cc2ccccc2cc1OCCCCNC(=O)C(N)Cc1ccccn1. The highest BCUT2D eigenvalue weighted by molar-refractivity contribution is 6.02. The number of carbonyl (C=O) groups excluding carboxylic acids is 3. The highest BCUT2D eigenvalue weighted by Gasteiger charge is 2.16. The molecule has 1 atom stereocenters. The van der Waals surface area contributed by atoms with Crippen molar-refractivity contribution in [3.05, 3.63) is 72.1 Å². The molecule has 2 aromatic carbocycles. The summed E-state index contributed by atoms with van der Waals surface area (Å²) in [5.41, 5.74) is 12.2. The number of nitrogens with one attached hydrogen (secondary N) is 2. The number of unbranched alkanes of at least 4 members (excludes halogenated alkanes) is 1. The molecule has 3 rings (SSSR count). The van der Waals surface area contributed by atoms with Gasteiger partial charge in [-0.05, 0) is 47.9 Å². The summed E-state index contributed by atoms with van der Waals surface area (Å²) >= 11 is 0. The van der Waals surface area contributed by atoms with Crippen LogP contribution in [-0.4, -0.2) is 48.4 Å². The Bertz CT molecular complexity index is 1140. The molecule has 0 aliphatic heterocycles. The number of fused-ring (bicyclic) bond motifs is 1. The van der Waals surface area contributed by atoms with Gasteiger partial charge in [0.25, 0.3) is 5.91 Å². The Morgan fingerprint density at radius 3 is 2.41 bits per heavy atom. The molecule has 1 aromatic heterocycles. The van der Waals surface area contributed by atoms with Gasteiger partial charge < -0.3 is 26.8 Å². The Kier molecular flexibility index (Phi) is 8.93. The number of hydrogen-bond acceptors (Lipinski definition) is 6. The number of amides is 3. The molecule has 178 valence electrons. The largest absolute Gasteiger partial charge is 0.493 e. The van der Waals surface area contributed by atoms with E-state index in [2.05, 4.69) is 15.6 Å². The van der Waals surface area contributed by atoms with Crippen molar-refractivity contribution >= 4 is 28.5 Å². The lowest BCUT2D eigenvalue weighted by molar-refractivity contribution is -0.122. The third kappa shape index (κ3) is 7.28. The topological polar surface area (TPSA) is 149 Å². The molecule has 3 amide bonds. The maximum absolute atomic E-state index is 12.6. The summed E-state index contributed by atoms with van der Waals surface area (Å²) < 4.78 is 5.88. The zero-order valence-corrected chi connectivity index (χ0v) is 18.8. The van der Waals surface area contributed by atoms with Crippen LogP contribution < -0.4 is 26.8 Å². The minimum atomic E-state index is -0.662. The van der Waals surface area contributed by atoms with Crippen molar-refractivity contribution in [3.8, 4) is 5.75 Å². The lowest BCUT2D eigenvalue weighted by atomic mass is 10.1. The van der Waals surface area contributed by atoms with Crippen LogP contribution in [0, 0.1) is 0 Å². The van der Waals surface area contributed by atoms with Crippen LogP contribution in [0.2, 0.25) is 0 Å². The summed E-state index contributed by atoms with van der Waals surface area (Å²) in [5, 5.41) is 7.13. The summed E-state index contributed by atoms with van der Waals surface area (Å²) in [5.74, 6) is -0.872. The van der Waals surface area contributed by atoms with E-state index < -0.39 is 17.9 Å². The molecule has 1 unspecified atom stereocenters. The second kappa shape index (κ2) is 12.3. The molecular weight excluding hydrogens is 434 g/mol. The summed E-state index contributed by atoms with van der Waals surface area (Å²) in [6.45, 7) is 0.555. The summed E-state index contributed by atoms with van der Waals surface area (Å²) in [6, 6.07) is 16.0. The maximum atomic E-state index is 12.6. The number of rotatable bonds is 12. The molecule has 34 heavy (non-hydrogen) atoms. The molecule has 0 fully saturated rings. The fraction of sp³-hybridized carbons (Fsp3) is 0.280. The number of ether oxygens (including phenoxy) is 1. The zero-order chi connectivity index (χ0) is 24.3. The van der Waals surface area contributed by atoms with Crippen molar-refractivity contribution in [2.24, 2.45) is 11.5 Å². The molecule has 9 nitrogen and oxygen atoms in total. The van der Waals surface area contributed by atoms with Gasteiger partial charge in [-0.25, -0.2) is 0 Å². The Morgan fingerprint density at radius 2 is 1.71 bits per heavy atom. The van der Waals surface area contributed by atoms with Crippen LogP contribution in [0.25, 0.3) is 10.8 Å². The van der Waals surface area contributed by atoms with Crippen LogP contribution in [-0.2, 0) is 16.0 Å². The quantitative estimate of drug-likeness (QED) is 0.297. The Labute approximate surface area is 197 Å². The highest BCUT2D eigenvalue weighted by atomic mass is 16.5. The standard InChI is InChI=1S/C25H29N5O4/c26-21(15-19-9-3-4-10-28-19)25(33)29-11-5-6-12-34-22-14-18-8-2-1-7-17(18)13-20(22)24(32)30-16-23(27)31/h1-4,7-10,13-14,21H,5-6,11-12,15-16,26H2,(H2,27,31)(H,29,33)(H,30,32). The number of hydrogen-bond donors (Lipinski definition) is 4. The monoisotopic (exact) mass is 463 g/mol. The van der Waals surface area contributed by atoms with E-state index in [0.29, 0.717) is 43.7 Å². The molecular formula is C25H29N5O4.